The number of amides is 1. The molecule has 0 spiro atoms. The molecule has 0 atom stereocenters. The van der Waals surface area contributed by atoms with Crippen LogP contribution >= 0.6 is 11.6 Å². The molecule has 1 aliphatic heterocycles. The summed E-state index contributed by atoms with van der Waals surface area (Å²) in [5.41, 5.74) is 6.45. The molecule has 0 aliphatic carbocycles. The Morgan fingerprint density at radius 2 is 2.14 bits per heavy atom. The molecule has 28 heavy (non-hydrogen) atoms. The van der Waals surface area contributed by atoms with E-state index in [0.29, 0.717) is 24.0 Å². The summed E-state index contributed by atoms with van der Waals surface area (Å²) in [6.45, 7) is 1.05. The molecule has 2 aromatic rings. The van der Waals surface area contributed by atoms with E-state index in [1.807, 2.05) is 28.4 Å². The topological polar surface area (TPSA) is 104 Å². The number of guanidine groups is 1. The van der Waals surface area contributed by atoms with Crippen molar-refractivity contribution >= 4 is 29.5 Å². The van der Waals surface area contributed by atoms with Crippen LogP contribution in [0.25, 0.3) is 0 Å². The highest BCUT2D eigenvalue weighted by atomic mass is 35.5. The summed E-state index contributed by atoms with van der Waals surface area (Å²) in [5.74, 6) is -0.430. The number of hydrogen-bond acceptors (Lipinski definition) is 5. The van der Waals surface area contributed by atoms with Gasteiger partial charge in [0, 0.05) is 29.9 Å². The zero-order chi connectivity index (χ0) is 20.1. The fourth-order valence-corrected chi connectivity index (χ4v) is 3.48. The Kier molecular flexibility index (Phi) is 6.30. The second kappa shape index (κ2) is 8.88. The highest BCUT2D eigenvalue weighted by molar-refractivity contribution is 6.30. The zero-order valence-electron chi connectivity index (χ0n) is 15.1. The molecule has 0 radical (unpaired) electrons. The first kappa shape index (κ1) is 19.9. The number of halogens is 2. The van der Waals surface area contributed by atoms with Gasteiger partial charge in [-0.25, -0.2) is 14.2 Å². The van der Waals surface area contributed by atoms with Gasteiger partial charge in [0.25, 0.3) is 0 Å². The van der Waals surface area contributed by atoms with Crippen LogP contribution < -0.4 is 16.0 Å². The van der Waals surface area contributed by atoms with Gasteiger partial charge in [0.2, 0.25) is 0 Å². The first-order valence-electron chi connectivity index (χ1n) is 8.85. The van der Waals surface area contributed by atoms with Crippen molar-refractivity contribution in [2.75, 3.05) is 18.0 Å². The van der Waals surface area contributed by atoms with Crippen LogP contribution in [0.2, 0.25) is 5.02 Å². The summed E-state index contributed by atoms with van der Waals surface area (Å²) in [4.78, 5) is 17.5. The highest BCUT2D eigenvalue weighted by Gasteiger charge is 2.24. The maximum atomic E-state index is 14.8. The van der Waals surface area contributed by atoms with E-state index < -0.39 is 17.9 Å². The summed E-state index contributed by atoms with van der Waals surface area (Å²) in [5, 5.41) is 9.67. The molecule has 2 heterocycles. The fraction of sp³-hybridized carbons (Fsp3) is 0.316. The molecule has 1 amide bonds. The Balaban J connectivity index is 1.63. The Morgan fingerprint density at radius 3 is 2.82 bits per heavy atom. The minimum atomic E-state index is -0.910. The summed E-state index contributed by atoms with van der Waals surface area (Å²) < 4.78 is 19.7. The van der Waals surface area contributed by atoms with Gasteiger partial charge in [-0.15, -0.1) is 0 Å². The average Bonchev–Trinajstić information content (AvgIpc) is 2.67. The van der Waals surface area contributed by atoms with Gasteiger partial charge in [-0.2, -0.15) is 0 Å². The normalized spacial score (nSPS) is 14.6. The van der Waals surface area contributed by atoms with Gasteiger partial charge in [0.1, 0.15) is 6.61 Å². The highest BCUT2D eigenvalue weighted by Crippen LogP contribution is 2.32. The summed E-state index contributed by atoms with van der Waals surface area (Å²) >= 11 is 6.08. The number of carbonyl (C=O) groups excluding carboxylic acids is 1. The Bertz CT molecular complexity index is 871. The molecule has 4 N–H and O–H groups in total. The van der Waals surface area contributed by atoms with E-state index in [1.54, 1.807) is 0 Å². The van der Waals surface area contributed by atoms with Crippen molar-refractivity contribution in [1.29, 1.82) is 5.41 Å². The third kappa shape index (κ3) is 4.89. The van der Waals surface area contributed by atoms with Crippen LogP contribution in [0.3, 0.4) is 0 Å². The standard InChI is InChI=1S/C19H21ClFN5O2/c20-15-3-1-2-13(10-15)12-5-8-26(9-6-12)17-16(21)14(4-7-24-17)11-28-19(27)25-18(22)23/h1-4,7,10,12H,5-6,8-9,11H2,(H4,22,23,25,27). The number of ether oxygens (including phenoxy) is 1. The first-order chi connectivity index (χ1) is 13.4. The summed E-state index contributed by atoms with van der Waals surface area (Å²) in [7, 11) is 0. The monoisotopic (exact) mass is 405 g/mol. The van der Waals surface area contributed by atoms with Crippen molar-refractivity contribution in [2.45, 2.75) is 25.4 Å². The lowest BCUT2D eigenvalue weighted by atomic mass is 9.89. The number of alkyl carbamates (subject to hydrolysis) is 1. The molecule has 148 valence electrons. The SMILES string of the molecule is N=C(N)NC(=O)OCc1ccnc(N2CCC(c3cccc(Cl)c3)CC2)c1F. The molecular formula is C19H21ClFN5O2. The van der Waals surface area contributed by atoms with Gasteiger partial charge in [0.05, 0.1) is 0 Å². The number of hydrogen-bond donors (Lipinski definition) is 3. The van der Waals surface area contributed by atoms with Gasteiger partial charge >= 0.3 is 6.09 Å². The number of benzene rings is 1. The second-order valence-electron chi connectivity index (χ2n) is 6.54. The molecule has 7 nitrogen and oxygen atoms in total. The second-order valence-corrected chi connectivity index (χ2v) is 6.98. The third-order valence-electron chi connectivity index (χ3n) is 4.66. The Hall–Kier alpha value is -2.87. The average molecular weight is 406 g/mol. The quantitative estimate of drug-likeness (QED) is 0.534. The molecule has 3 rings (SSSR count). The fourth-order valence-electron chi connectivity index (χ4n) is 3.28. The van der Waals surface area contributed by atoms with Crippen molar-refractivity contribution in [1.82, 2.24) is 10.3 Å². The molecule has 9 heteroatoms. The van der Waals surface area contributed by atoms with Gasteiger partial charge in [-0.1, -0.05) is 23.7 Å². The zero-order valence-corrected chi connectivity index (χ0v) is 15.9. The number of pyridine rings is 1. The van der Waals surface area contributed by atoms with Crippen LogP contribution in [0.15, 0.2) is 36.5 Å². The van der Waals surface area contributed by atoms with Crippen LogP contribution in [0.1, 0.15) is 29.9 Å². The lowest BCUT2D eigenvalue weighted by Crippen LogP contribution is -2.36. The smallest absolute Gasteiger partial charge is 0.414 e. The van der Waals surface area contributed by atoms with E-state index in [2.05, 4.69) is 11.1 Å². The number of anilines is 1. The molecule has 1 fully saturated rings. The van der Waals surface area contributed by atoms with Crippen LogP contribution in [-0.2, 0) is 11.3 Å². The van der Waals surface area contributed by atoms with Gasteiger partial charge < -0.3 is 15.4 Å². The largest absolute Gasteiger partial charge is 0.444 e. The lowest BCUT2D eigenvalue weighted by molar-refractivity contribution is 0.143. The van der Waals surface area contributed by atoms with Crippen molar-refractivity contribution < 1.29 is 13.9 Å². The van der Waals surface area contributed by atoms with Crippen molar-refractivity contribution in [3.63, 3.8) is 0 Å². The minimum absolute atomic E-state index is 0.209. The van der Waals surface area contributed by atoms with E-state index in [9.17, 15) is 9.18 Å². The number of nitrogens with one attached hydrogen (secondary N) is 2. The van der Waals surface area contributed by atoms with Crippen LogP contribution in [0.5, 0.6) is 0 Å². The predicted octanol–water partition coefficient (Wildman–Crippen LogP) is 3.38. The Labute approximate surface area is 167 Å². The van der Waals surface area contributed by atoms with E-state index >= 15 is 0 Å². The molecule has 0 bridgehead atoms. The van der Waals surface area contributed by atoms with Gasteiger partial charge in [0.15, 0.2) is 17.6 Å². The molecule has 1 aliphatic rings. The molecule has 0 unspecified atom stereocenters. The number of piperidine rings is 1. The number of aromatic nitrogens is 1. The van der Waals surface area contributed by atoms with Crippen molar-refractivity contribution in [3.05, 3.63) is 58.5 Å². The lowest BCUT2D eigenvalue weighted by Gasteiger charge is -2.33. The van der Waals surface area contributed by atoms with Crippen LogP contribution in [0.4, 0.5) is 15.0 Å². The first-order valence-corrected chi connectivity index (χ1v) is 9.23. The van der Waals surface area contributed by atoms with E-state index in [1.165, 1.54) is 17.8 Å². The number of carbonyl (C=O) groups is 1. The summed E-state index contributed by atoms with van der Waals surface area (Å²) in [6.07, 6.45) is 2.31. The van der Waals surface area contributed by atoms with E-state index in [0.717, 1.165) is 12.8 Å². The van der Waals surface area contributed by atoms with E-state index in [4.69, 9.17) is 27.5 Å². The predicted molar refractivity (Wildman–Crippen MR) is 105 cm³/mol. The molecule has 1 saturated heterocycles. The number of nitrogens with two attached hydrogens (primary N) is 1. The van der Waals surface area contributed by atoms with Crippen molar-refractivity contribution in [2.24, 2.45) is 5.73 Å². The molecular weight excluding hydrogens is 385 g/mol. The molecule has 1 aromatic carbocycles. The van der Waals surface area contributed by atoms with E-state index in [-0.39, 0.29) is 18.0 Å². The number of rotatable bonds is 4. The summed E-state index contributed by atoms with van der Waals surface area (Å²) in [6, 6.07) is 9.29. The van der Waals surface area contributed by atoms with Gasteiger partial charge in [-0.3, -0.25) is 10.7 Å². The van der Waals surface area contributed by atoms with Crippen LogP contribution in [0, 0.1) is 11.2 Å². The maximum absolute atomic E-state index is 14.8. The van der Waals surface area contributed by atoms with Gasteiger partial charge in [-0.05, 0) is 42.5 Å². The third-order valence-corrected chi connectivity index (χ3v) is 4.90. The van der Waals surface area contributed by atoms with Crippen LogP contribution in [-0.4, -0.2) is 30.1 Å². The molecule has 1 aromatic heterocycles. The van der Waals surface area contributed by atoms with Crippen molar-refractivity contribution in [3.8, 4) is 0 Å². The maximum Gasteiger partial charge on any atom is 0.414 e. The number of nitrogens with zero attached hydrogens (tertiary/aromatic N) is 2. The Morgan fingerprint density at radius 1 is 1.39 bits per heavy atom. The molecule has 0 saturated carbocycles. The minimum Gasteiger partial charge on any atom is -0.444 e.